The number of fused-ring (bicyclic) bond motifs is 1. The van der Waals surface area contributed by atoms with Crippen LogP contribution < -0.4 is 10.6 Å². The number of aromatic nitrogens is 1. The molecule has 1 aliphatic carbocycles. The molecule has 4 rings (SSSR count). The van der Waals surface area contributed by atoms with Crippen LogP contribution in [0.3, 0.4) is 0 Å². The van der Waals surface area contributed by atoms with E-state index >= 15 is 0 Å². The number of hydrogen-bond acceptors (Lipinski definition) is 5. The second-order valence-electron chi connectivity index (χ2n) is 10.4. The summed E-state index contributed by atoms with van der Waals surface area (Å²) in [6, 6.07) is 2.98. The molecule has 7 nitrogen and oxygen atoms in total. The number of aliphatic hydroxyl groups is 1. The second-order valence-corrected chi connectivity index (χ2v) is 11.2. The standard InChI is InChI=1S/C27H38Cl2N4O3/c1-16(30-3)26(35)31-25(18-8-5-4-6-9-18)27(36)33-11-7-10-19(33)14-32-15-21(17(2)34)20-12-22(28)23(29)13-24(20)32/h12-13,15-16,18-19,25,27,30,36H,4-11,14H2,1-3H3,(H,31,35)/t16-,19-,25-,27?/m0/s1. The molecular formula is C27H38Cl2N4O3. The highest BCUT2D eigenvalue weighted by Crippen LogP contribution is 2.34. The van der Waals surface area contributed by atoms with E-state index in [2.05, 4.69) is 20.1 Å². The smallest absolute Gasteiger partial charge is 0.237 e. The van der Waals surface area contributed by atoms with E-state index in [1.165, 1.54) is 6.42 Å². The molecule has 2 aliphatic rings. The summed E-state index contributed by atoms with van der Waals surface area (Å²) in [4.78, 5) is 27.3. The van der Waals surface area contributed by atoms with Crippen LogP contribution in [0.1, 0.15) is 69.2 Å². The highest BCUT2D eigenvalue weighted by atomic mass is 35.5. The maximum absolute atomic E-state index is 12.8. The summed E-state index contributed by atoms with van der Waals surface area (Å²) in [5, 5.41) is 19.5. The molecule has 1 unspecified atom stereocenters. The molecule has 1 saturated heterocycles. The third kappa shape index (κ3) is 5.76. The van der Waals surface area contributed by atoms with Crippen molar-refractivity contribution in [2.45, 2.75) is 89.7 Å². The van der Waals surface area contributed by atoms with Crippen LogP contribution in [-0.2, 0) is 11.3 Å². The third-order valence-electron chi connectivity index (χ3n) is 8.09. The number of carbonyl (C=O) groups is 2. The number of nitrogens with one attached hydrogen (secondary N) is 2. The number of amides is 1. The Balaban J connectivity index is 1.60. The first-order valence-electron chi connectivity index (χ1n) is 13.1. The van der Waals surface area contributed by atoms with E-state index < -0.39 is 6.23 Å². The monoisotopic (exact) mass is 536 g/mol. The summed E-state index contributed by atoms with van der Waals surface area (Å²) in [6.07, 6.45) is 8.46. The Labute approximate surface area is 223 Å². The molecule has 1 aromatic carbocycles. The maximum Gasteiger partial charge on any atom is 0.237 e. The van der Waals surface area contributed by atoms with Gasteiger partial charge >= 0.3 is 0 Å². The fourth-order valence-corrected chi connectivity index (χ4v) is 6.22. The fourth-order valence-electron chi connectivity index (χ4n) is 5.90. The molecule has 1 saturated carbocycles. The SMILES string of the molecule is CN[C@@H](C)C(=O)N[C@@H](C1CCCCC1)C(O)N1CCC[C@H]1Cn1cc(C(C)=O)c2cc(Cl)c(Cl)cc21. The number of ketones is 1. The van der Waals surface area contributed by atoms with Crippen LogP contribution in [0.15, 0.2) is 18.3 Å². The zero-order valence-electron chi connectivity index (χ0n) is 21.4. The van der Waals surface area contributed by atoms with E-state index in [9.17, 15) is 14.7 Å². The zero-order valence-corrected chi connectivity index (χ0v) is 22.9. The first-order chi connectivity index (χ1) is 17.2. The van der Waals surface area contributed by atoms with Crippen molar-refractivity contribution in [1.82, 2.24) is 20.1 Å². The molecule has 0 radical (unpaired) electrons. The predicted octanol–water partition coefficient (Wildman–Crippen LogP) is 4.61. The Morgan fingerprint density at radius 2 is 1.81 bits per heavy atom. The number of aliphatic hydroxyl groups excluding tert-OH is 1. The minimum Gasteiger partial charge on any atom is -0.376 e. The van der Waals surface area contributed by atoms with E-state index in [0.717, 1.165) is 56.0 Å². The highest BCUT2D eigenvalue weighted by Gasteiger charge is 2.39. The van der Waals surface area contributed by atoms with Crippen molar-refractivity contribution in [3.63, 3.8) is 0 Å². The van der Waals surface area contributed by atoms with Gasteiger partial charge in [0.25, 0.3) is 0 Å². The minimum absolute atomic E-state index is 0.0285. The van der Waals surface area contributed by atoms with Crippen LogP contribution in [0.2, 0.25) is 10.0 Å². The number of likely N-dealkylation sites (N-methyl/N-ethyl adjacent to an activating group) is 1. The van der Waals surface area contributed by atoms with Crippen LogP contribution in [0, 0.1) is 5.92 Å². The van der Waals surface area contributed by atoms with Crippen LogP contribution in [0.4, 0.5) is 0 Å². The Kier molecular flexibility index (Phi) is 9.00. The largest absolute Gasteiger partial charge is 0.376 e. The number of benzene rings is 1. The number of Topliss-reactive ketones (excluding diaryl/α,β-unsaturated/α-hetero) is 1. The Morgan fingerprint density at radius 1 is 1.11 bits per heavy atom. The van der Waals surface area contributed by atoms with Gasteiger partial charge in [-0.3, -0.25) is 14.5 Å². The van der Waals surface area contributed by atoms with Gasteiger partial charge in [-0.15, -0.1) is 0 Å². The lowest BCUT2D eigenvalue weighted by atomic mass is 9.82. The van der Waals surface area contributed by atoms with E-state index in [0.29, 0.717) is 22.2 Å². The van der Waals surface area contributed by atoms with Gasteiger partial charge in [0, 0.05) is 36.3 Å². The average Bonchev–Trinajstić information content (AvgIpc) is 3.47. The van der Waals surface area contributed by atoms with Crippen molar-refractivity contribution in [2.24, 2.45) is 5.92 Å². The lowest BCUT2D eigenvalue weighted by molar-refractivity contribution is -0.127. The molecule has 0 bridgehead atoms. The van der Waals surface area contributed by atoms with Gasteiger partial charge in [-0.1, -0.05) is 42.5 Å². The molecule has 1 amide bonds. The second kappa shape index (κ2) is 11.8. The molecule has 198 valence electrons. The third-order valence-corrected chi connectivity index (χ3v) is 8.81. The van der Waals surface area contributed by atoms with Crippen molar-refractivity contribution >= 4 is 45.8 Å². The van der Waals surface area contributed by atoms with Gasteiger partial charge in [0.05, 0.1) is 27.6 Å². The summed E-state index contributed by atoms with van der Waals surface area (Å²) in [7, 11) is 1.77. The molecule has 2 heterocycles. The van der Waals surface area contributed by atoms with Crippen LogP contribution in [0.25, 0.3) is 10.9 Å². The summed E-state index contributed by atoms with van der Waals surface area (Å²) in [5.74, 6) is 0.136. The average molecular weight is 538 g/mol. The van der Waals surface area contributed by atoms with Gasteiger partial charge in [-0.05, 0) is 64.6 Å². The van der Waals surface area contributed by atoms with E-state index in [1.54, 1.807) is 20.0 Å². The normalized spacial score (nSPS) is 22.0. The quantitative estimate of drug-likeness (QED) is 0.407. The van der Waals surface area contributed by atoms with Crippen LogP contribution in [-0.4, -0.2) is 64.2 Å². The maximum atomic E-state index is 12.8. The molecule has 1 aromatic heterocycles. The Hall–Kier alpha value is -1.64. The van der Waals surface area contributed by atoms with Gasteiger partial charge < -0.3 is 20.3 Å². The number of likely N-dealkylation sites (tertiary alicyclic amines) is 1. The van der Waals surface area contributed by atoms with Gasteiger partial charge in [-0.25, -0.2) is 0 Å². The lowest BCUT2D eigenvalue weighted by Gasteiger charge is -2.40. The number of hydrogen-bond donors (Lipinski definition) is 3. The molecule has 3 N–H and O–H groups in total. The Morgan fingerprint density at radius 3 is 2.47 bits per heavy atom. The number of nitrogens with zero attached hydrogens (tertiary/aromatic N) is 2. The highest BCUT2D eigenvalue weighted by molar-refractivity contribution is 6.43. The summed E-state index contributed by atoms with van der Waals surface area (Å²) in [5.41, 5.74) is 1.47. The molecule has 0 spiro atoms. The zero-order chi connectivity index (χ0) is 26.0. The van der Waals surface area contributed by atoms with Crippen molar-refractivity contribution in [1.29, 1.82) is 0 Å². The lowest BCUT2D eigenvalue weighted by Crippen LogP contribution is -2.59. The van der Waals surface area contributed by atoms with Crippen molar-refractivity contribution in [3.8, 4) is 0 Å². The molecule has 36 heavy (non-hydrogen) atoms. The summed E-state index contributed by atoms with van der Waals surface area (Å²) < 4.78 is 2.06. The van der Waals surface area contributed by atoms with E-state index in [1.807, 2.05) is 19.2 Å². The number of carbonyl (C=O) groups excluding carboxylic acids is 2. The minimum atomic E-state index is -0.777. The van der Waals surface area contributed by atoms with Gasteiger partial charge in [0.15, 0.2) is 5.78 Å². The molecular weight excluding hydrogens is 499 g/mol. The molecule has 9 heteroatoms. The van der Waals surface area contributed by atoms with Gasteiger partial charge in [0.2, 0.25) is 5.91 Å². The first-order valence-corrected chi connectivity index (χ1v) is 13.9. The van der Waals surface area contributed by atoms with Crippen molar-refractivity contribution < 1.29 is 14.7 Å². The topological polar surface area (TPSA) is 86.6 Å². The van der Waals surface area contributed by atoms with E-state index in [4.69, 9.17) is 23.2 Å². The number of halogens is 2. The van der Waals surface area contributed by atoms with Gasteiger partial charge in [-0.2, -0.15) is 0 Å². The fraction of sp³-hybridized carbons (Fsp3) is 0.630. The molecule has 1 aliphatic heterocycles. The van der Waals surface area contributed by atoms with Crippen molar-refractivity contribution in [3.05, 3.63) is 33.9 Å². The van der Waals surface area contributed by atoms with Crippen molar-refractivity contribution in [2.75, 3.05) is 13.6 Å². The predicted molar refractivity (Wildman–Crippen MR) is 145 cm³/mol. The van der Waals surface area contributed by atoms with E-state index in [-0.39, 0.29) is 35.7 Å². The number of rotatable bonds is 9. The first kappa shape index (κ1) is 27.4. The molecule has 2 aromatic rings. The molecule has 4 atom stereocenters. The summed E-state index contributed by atoms with van der Waals surface area (Å²) >= 11 is 12.6. The van der Waals surface area contributed by atoms with Crippen LogP contribution in [0.5, 0.6) is 0 Å². The van der Waals surface area contributed by atoms with Crippen LogP contribution >= 0.6 is 23.2 Å². The Bertz CT molecular complexity index is 1100. The van der Waals surface area contributed by atoms with Gasteiger partial charge in [0.1, 0.15) is 6.23 Å². The summed E-state index contributed by atoms with van der Waals surface area (Å²) in [6.45, 7) is 4.76. The molecule has 2 fully saturated rings.